The first-order valence-corrected chi connectivity index (χ1v) is 9.19. The summed E-state index contributed by atoms with van der Waals surface area (Å²) >= 11 is 11.8. The molecule has 0 atom stereocenters. The summed E-state index contributed by atoms with van der Waals surface area (Å²) in [6.45, 7) is 0.0919. The maximum absolute atomic E-state index is 14.0. The molecule has 1 amide bonds. The van der Waals surface area contributed by atoms with Gasteiger partial charge in [0, 0.05) is 11.1 Å². The molecule has 9 heteroatoms. The van der Waals surface area contributed by atoms with E-state index in [0.717, 1.165) is 24.0 Å². The Morgan fingerprint density at radius 2 is 1.96 bits per heavy atom. The zero-order chi connectivity index (χ0) is 17.9. The molecular formula is C15H12Cl2FNO4S. The van der Waals surface area contributed by atoms with Crippen molar-refractivity contribution in [2.75, 3.05) is 6.26 Å². The third-order valence-corrected chi connectivity index (χ3v) is 3.91. The number of halogens is 3. The van der Waals surface area contributed by atoms with E-state index >= 15 is 0 Å². The van der Waals surface area contributed by atoms with Crippen LogP contribution in [0.25, 0.3) is 0 Å². The molecular weight excluding hydrogens is 380 g/mol. The summed E-state index contributed by atoms with van der Waals surface area (Å²) in [7, 11) is -3.81. The van der Waals surface area contributed by atoms with Crippen molar-refractivity contribution < 1.29 is 22.3 Å². The van der Waals surface area contributed by atoms with Gasteiger partial charge < -0.3 is 4.74 Å². The Balaban J connectivity index is 2.19. The average Bonchev–Trinajstić information content (AvgIpc) is 2.46. The zero-order valence-corrected chi connectivity index (χ0v) is 14.7. The number of sulfonamides is 1. The van der Waals surface area contributed by atoms with Crippen LogP contribution in [0.1, 0.15) is 15.9 Å². The number of ether oxygens (including phenoxy) is 1. The summed E-state index contributed by atoms with van der Waals surface area (Å²) in [4.78, 5) is 11.7. The van der Waals surface area contributed by atoms with Gasteiger partial charge in [-0.05, 0) is 23.8 Å². The van der Waals surface area contributed by atoms with Crippen molar-refractivity contribution in [1.29, 1.82) is 0 Å². The monoisotopic (exact) mass is 391 g/mol. The number of rotatable bonds is 5. The molecule has 2 rings (SSSR count). The Kier molecular flexibility index (Phi) is 5.69. The number of nitrogens with one attached hydrogen (secondary N) is 1. The van der Waals surface area contributed by atoms with Gasteiger partial charge in [-0.15, -0.1) is 0 Å². The topological polar surface area (TPSA) is 72.5 Å². The molecule has 0 saturated carbocycles. The number of hydrogen-bond acceptors (Lipinski definition) is 4. The second kappa shape index (κ2) is 7.38. The first-order chi connectivity index (χ1) is 11.2. The standard InChI is InChI=1S/C15H12Cl2FNO4S/c1-24(21,22)19-15(20)11-6-12(17)14(7-13(11)18)23-8-9-3-2-4-10(16)5-9/h2-7H,8H2,1H3,(H,19,20). The normalized spacial score (nSPS) is 11.2. The molecule has 5 nitrogen and oxygen atoms in total. The lowest BCUT2D eigenvalue weighted by molar-refractivity contribution is 0.0977. The van der Waals surface area contributed by atoms with E-state index < -0.39 is 27.3 Å². The molecule has 2 aromatic carbocycles. The van der Waals surface area contributed by atoms with Crippen LogP contribution in [0.5, 0.6) is 5.75 Å². The predicted molar refractivity (Wildman–Crippen MR) is 89.5 cm³/mol. The van der Waals surface area contributed by atoms with Crippen LogP contribution in [0.15, 0.2) is 36.4 Å². The van der Waals surface area contributed by atoms with Gasteiger partial charge in [-0.3, -0.25) is 4.79 Å². The van der Waals surface area contributed by atoms with Gasteiger partial charge in [-0.25, -0.2) is 17.5 Å². The van der Waals surface area contributed by atoms with Crippen LogP contribution >= 0.6 is 23.2 Å². The minimum Gasteiger partial charge on any atom is -0.487 e. The molecule has 24 heavy (non-hydrogen) atoms. The average molecular weight is 392 g/mol. The van der Waals surface area contributed by atoms with Crippen molar-refractivity contribution >= 4 is 39.1 Å². The first-order valence-electron chi connectivity index (χ1n) is 6.54. The predicted octanol–water partition coefficient (Wildman–Crippen LogP) is 3.40. The second-order valence-electron chi connectivity index (χ2n) is 4.88. The highest BCUT2D eigenvalue weighted by atomic mass is 35.5. The molecule has 2 aromatic rings. The molecule has 0 bridgehead atoms. The molecule has 0 heterocycles. The minimum atomic E-state index is -3.81. The summed E-state index contributed by atoms with van der Waals surface area (Å²) in [6, 6.07) is 8.81. The highest BCUT2D eigenvalue weighted by Gasteiger charge is 2.18. The first kappa shape index (κ1) is 18.5. The molecule has 0 radical (unpaired) electrons. The molecule has 0 unspecified atom stereocenters. The van der Waals surface area contributed by atoms with Gasteiger partial charge in [0.15, 0.2) is 0 Å². The molecule has 0 aliphatic heterocycles. The van der Waals surface area contributed by atoms with Crippen molar-refractivity contribution in [2.24, 2.45) is 0 Å². The number of amides is 1. The van der Waals surface area contributed by atoms with Gasteiger partial charge in [0.25, 0.3) is 5.91 Å². The van der Waals surface area contributed by atoms with Crippen LogP contribution in [-0.2, 0) is 16.6 Å². The third-order valence-electron chi connectivity index (χ3n) is 2.83. The highest BCUT2D eigenvalue weighted by Crippen LogP contribution is 2.29. The van der Waals surface area contributed by atoms with Crippen LogP contribution in [0.2, 0.25) is 10.0 Å². The Labute approximate surface area is 148 Å². The molecule has 0 fully saturated rings. The molecule has 0 saturated heterocycles. The van der Waals surface area contributed by atoms with E-state index in [1.54, 1.807) is 29.0 Å². The van der Waals surface area contributed by atoms with Crippen molar-refractivity contribution in [3.63, 3.8) is 0 Å². The minimum absolute atomic E-state index is 0.0186. The largest absolute Gasteiger partial charge is 0.487 e. The number of benzene rings is 2. The van der Waals surface area contributed by atoms with Crippen LogP contribution in [0, 0.1) is 5.82 Å². The van der Waals surface area contributed by atoms with E-state index in [-0.39, 0.29) is 17.4 Å². The maximum Gasteiger partial charge on any atom is 0.267 e. The summed E-state index contributed by atoms with van der Waals surface area (Å²) in [5, 5.41) is 0.498. The molecule has 0 aromatic heterocycles. The van der Waals surface area contributed by atoms with Crippen molar-refractivity contribution in [1.82, 2.24) is 4.72 Å². The van der Waals surface area contributed by atoms with E-state index in [9.17, 15) is 17.6 Å². The quantitative estimate of drug-likeness (QED) is 0.847. The summed E-state index contributed by atoms with van der Waals surface area (Å²) in [6.07, 6.45) is 0.785. The van der Waals surface area contributed by atoms with Crippen molar-refractivity contribution in [3.8, 4) is 5.75 Å². The molecule has 0 spiro atoms. The Bertz CT molecular complexity index is 887. The van der Waals surface area contributed by atoms with E-state index in [1.165, 1.54) is 0 Å². The van der Waals surface area contributed by atoms with Gasteiger partial charge in [0.2, 0.25) is 10.0 Å². The molecule has 1 N–H and O–H groups in total. The molecule has 128 valence electrons. The van der Waals surface area contributed by atoms with Crippen LogP contribution in [0.4, 0.5) is 4.39 Å². The summed E-state index contributed by atoms with van der Waals surface area (Å²) < 4.78 is 43.2. The van der Waals surface area contributed by atoms with Crippen molar-refractivity contribution in [2.45, 2.75) is 6.61 Å². The Morgan fingerprint density at radius 3 is 2.58 bits per heavy atom. The lowest BCUT2D eigenvalue weighted by Crippen LogP contribution is -2.30. The molecule has 0 aliphatic carbocycles. The SMILES string of the molecule is CS(=O)(=O)NC(=O)c1cc(Cl)c(OCc2cccc(Cl)c2)cc1F. The van der Waals surface area contributed by atoms with Crippen LogP contribution in [0.3, 0.4) is 0 Å². The van der Waals surface area contributed by atoms with Gasteiger partial charge in [-0.1, -0.05) is 35.3 Å². The Hall–Kier alpha value is -1.83. The smallest absolute Gasteiger partial charge is 0.267 e. The fraction of sp³-hybridized carbons (Fsp3) is 0.133. The lowest BCUT2D eigenvalue weighted by Gasteiger charge is -2.11. The zero-order valence-electron chi connectivity index (χ0n) is 12.3. The van der Waals surface area contributed by atoms with Gasteiger partial charge in [0.05, 0.1) is 16.8 Å². The van der Waals surface area contributed by atoms with Gasteiger partial charge in [0.1, 0.15) is 18.2 Å². The third kappa shape index (κ3) is 5.09. The van der Waals surface area contributed by atoms with Crippen molar-refractivity contribution in [3.05, 3.63) is 63.4 Å². The number of carbonyl (C=O) groups is 1. The summed E-state index contributed by atoms with van der Waals surface area (Å²) in [5.41, 5.74) is 0.249. The Morgan fingerprint density at radius 1 is 1.25 bits per heavy atom. The fourth-order valence-corrected chi connectivity index (χ4v) is 2.70. The lowest BCUT2D eigenvalue weighted by atomic mass is 10.2. The molecule has 0 aliphatic rings. The van der Waals surface area contributed by atoms with E-state index in [2.05, 4.69) is 0 Å². The van der Waals surface area contributed by atoms with E-state index in [0.29, 0.717) is 5.02 Å². The number of hydrogen-bond donors (Lipinski definition) is 1. The van der Waals surface area contributed by atoms with E-state index in [4.69, 9.17) is 27.9 Å². The van der Waals surface area contributed by atoms with Crippen LogP contribution < -0.4 is 9.46 Å². The maximum atomic E-state index is 14.0. The van der Waals surface area contributed by atoms with Gasteiger partial charge >= 0.3 is 0 Å². The fourth-order valence-electron chi connectivity index (χ4n) is 1.82. The highest BCUT2D eigenvalue weighted by molar-refractivity contribution is 7.89. The van der Waals surface area contributed by atoms with E-state index in [1.807, 2.05) is 0 Å². The summed E-state index contributed by atoms with van der Waals surface area (Å²) in [5.74, 6) is -2.05. The van der Waals surface area contributed by atoms with Gasteiger partial charge in [-0.2, -0.15) is 0 Å². The van der Waals surface area contributed by atoms with Crippen LogP contribution in [-0.4, -0.2) is 20.6 Å². The number of carbonyl (C=O) groups excluding carboxylic acids is 1. The second-order valence-corrected chi connectivity index (χ2v) is 7.48.